The van der Waals surface area contributed by atoms with Gasteiger partial charge >= 0.3 is 0 Å². The molecule has 76 valence electrons. The molecule has 1 unspecified atom stereocenters. The first-order chi connectivity index (χ1) is 7.22. The van der Waals surface area contributed by atoms with E-state index in [2.05, 4.69) is 0 Å². The van der Waals surface area contributed by atoms with Crippen molar-refractivity contribution < 1.29 is 4.79 Å². The fraction of sp³-hybridized carbons (Fsp3) is 0.154. The minimum Gasteiger partial charge on any atom is -0.315 e. The summed E-state index contributed by atoms with van der Waals surface area (Å²) in [5.74, 6) is -0.0244. The van der Waals surface area contributed by atoms with Gasteiger partial charge < -0.3 is 5.73 Å². The summed E-state index contributed by atoms with van der Waals surface area (Å²) in [6, 6.07) is 9.17. The molecule has 0 fully saturated rings. The molecule has 0 saturated carbocycles. The normalized spacial score (nSPS) is 24.1. The summed E-state index contributed by atoms with van der Waals surface area (Å²) in [5.41, 5.74) is 5.85. The number of benzene rings is 1. The molecule has 1 aromatic carbocycles. The minimum atomic E-state index is -0.865. The zero-order valence-electron chi connectivity index (χ0n) is 8.39. The lowest BCUT2D eigenvalue weighted by Crippen LogP contribution is -2.46. The van der Waals surface area contributed by atoms with Gasteiger partial charge in [-0.25, -0.2) is 0 Å². The number of allylic oxidation sites excluding steroid dienone is 2. The summed E-state index contributed by atoms with van der Waals surface area (Å²) in [7, 11) is 0. The molecule has 1 aromatic rings. The Labute approximate surface area is 89.1 Å². The summed E-state index contributed by atoms with van der Waals surface area (Å²) in [4.78, 5) is 12.1. The predicted molar refractivity (Wildman–Crippen MR) is 60.6 cm³/mol. The number of carbonyl (C=O) groups excluding carboxylic acids is 1. The quantitative estimate of drug-likeness (QED) is 0.741. The maximum atomic E-state index is 12.1. The van der Waals surface area contributed by atoms with Gasteiger partial charge in [0.2, 0.25) is 0 Å². The number of carbonyl (C=O) groups is 1. The van der Waals surface area contributed by atoms with E-state index in [4.69, 9.17) is 5.73 Å². The molecular formula is C13H13NO. The number of rotatable bonds is 2. The smallest absolute Gasteiger partial charge is 0.186 e. The fourth-order valence-electron chi connectivity index (χ4n) is 1.66. The predicted octanol–water partition coefficient (Wildman–Crippen LogP) is 2.08. The Kier molecular flexibility index (Phi) is 2.52. The van der Waals surface area contributed by atoms with E-state index in [1.54, 1.807) is 18.2 Å². The molecule has 0 saturated heterocycles. The first-order valence-corrected chi connectivity index (χ1v) is 4.95. The summed E-state index contributed by atoms with van der Waals surface area (Å²) in [6.07, 6.45) is 7.98. The maximum Gasteiger partial charge on any atom is 0.186 e. The van der Waals surface area contributed by atoms with Crippen LogP contribution >= 0.6 is 0 Å². The van der Waals surface area contributed by atoms with E-state index < -0.39 is 5.54 Å². The van der Waals surface area contributed by atoms with Crippen LogP contribution in [-0.2, 0) is 0 Å². The molecule has 0 aromatic heterocycles. The topological polar surface area (TPSA) is 43.1 Å². The van der Waals surface area contributed by atoms with Crippen LogP contribution in [0.2, 0.25) is 0 Å². The third kappa shape index (κ3) is 1.90. The SMILES string of the molecule is NC1(C(=O)c2ccccc2)C=CC=CC1. The fourth-order valence-corrected chi connectivity index (χ4v) is 1.66. The largest absolute Gasteiger partial charge is 0.315 e. The number of hydrogen-bond acceptors (Lipinski definition) is 2. The average molecular weight is 199 g/mol. The molecule has 1 aliphatic carbocycles. The molecule has 0 aliphatic heterocycles. The molecule has 0 bridgehead atoms. The van der Waals surface area contributed by atoms with Crippen molar-refractivity contribution in [3.63, 3.8) is 0 Å². The first kappa shape index (κ1) is 9.87. The van der Waals surface area contributed by atoms with Crippen LogP contribution < -0.4 is 5.73 Å². The molecule has 0 amide bonds. The third-order valence-corrected chi connectivity index (χ3v) is 2.56. The number of Topliss-reactive ketones (excluding diaryl/α,β-unsaturated/α-hetero) is 1. The zero-order valence-corrected chi connectivity index (χ0v) is 8.39. The van der Waals surface area contributed by atoms with Crippen molar-refractivity contribution in [3.8, 4) is 0 Å². The van der Waals surface area contributed by atoms with Gasteiger partial charge in [-0.1, -0.05) is 54.6 Å². The van der Waals surface area contributed by atoms with E-state index in [1.165, 1.54) is 0 Å². The second-order valence-corrected chi connectivity index (χ2v) is 3.73. The summed E-state index contributed by atoms with van der Waals surface area (Å²) in [6.45, 7) is 0. The molecule has 15 heavy (non-hydrogen) atoms. The van der Waals surface area contributed by atoms with Gasteiger partial charge in [-0.2, -0.15) is 0 Å². The van der Waals surface area contributed by atoms with E-state index in [9.17, 15) is 4.79 Å². The maximum absolute atomic E-state index is 12.1. The lowest BCUT2D eigenvalue weighted by atomic mass is 9.85. The standard InChI is InChI=1S/C13H13NO/c14-13(9-5-2-6-10-13)12(15)11-7-3-1-4-8-11/h1-9H,10,14H2. The van der Waals surface area contributed by atoms with Gasteiger partial charge in [0.1, 0.15) is 5.54 Å². The molecule has 2 N–H and O–H groups in total. The van der Waals surface area contributed by atoms with Crippen molar-refractivity contribution in [1.29, 1.82) is 0 Å². The van der Waals surface area contributed by atoms with Gasteiger partial charge in [0.05, 0.1) is 0 Å². The van der Waals surface area contributed by atoms with Crippen LogP contribution in [0.1, 0.15) is 16.8 Å². The second kappa shape index (κ2) is 3.83. The van der Waals surface area contributed by atoms with Gasteiger partial charge in [0.25, 0.3) is 0 Å². The van der Waals surface area contributed by atoms with Crippen LogP contribution in [0.25, 0.3) is 0 Å². The van der Waals surface area contributed by atoms with Gasteiger partial charge in [-0.15, -0.1) is 0 Å². The highest BCUT2D eigenvalue weighted by atomic mass is 16.1. The van der Waals surface area contributed by atoms with Crippen LogP contribution in [-0.4, -0.2) is 11.3 Å². The van der Waals surface area contributed by atoms with Crippen LogP contribution in [0.3, 0.4) is 0 Å². The van der Waals surface area contributed by atoms with Crippen molar-refractivity contribution in [3.05, 3.63) is 60.2 Å². The van der Waals surface area contributed by atoms with Crippen molar-refractivity contribution >= 4 is 5.78 Å². The average Bonchev–Trinajstić information content (AvgIpc) is 2.30. The Morgan fingerprint density at radius 3 is 2.53 bits per heavy atom. The van der Waals surface area contributed by atoms with Crippen LogP contribution in [0.4, 0.5) is 0 Å². The molecular weight excluding hydrogens is 186 g/mol. The Hall–Kier alpha value is -1.67. The van der Waals surface area contributed by atoms with Crippen molar-refractivity contribution in [1.82, 2.24) is 0 Å². The van der Waals surface area contributed by atoms with Crippen LogP contribution in [0, 0.1) is 0 Å². The van der Waals surface area contributed by atoms with Crippen molar-refractivity contribution in [2.24, 2.45) is 5.73 Å². The Morgan fingerprint density at radius 1 is 1.20 bits per heavy atom. The lowest BCUT2D eigenvalue weighted by Gasteiger charge is -2.24. The lowest BCUT2D eigenvalue weighted by molar-refractivity contribution is 0.0921. The minimum absolute atomic E-state index is 0.0244. The highest BCUT2D eigenvalue weighted by Gasteiger charge is 2.31. The van der Waals surface area contributed by atoms with Gasteiger partial charge in [-0.05, 0) is 6.42 Å². The first-order valence-electron chi connectivity index (χ1n) is 4.95. The van der Waals surface area contributed by atoms with Gasteiger partial charge in [-0.3, -0.25) is 4.79 Å². The molecule has 0 spiro atoms. The molecule has 0 radical (unpaired) electrons. The second-order valence-electron chi connectivity index (χ2n) is 3.73. The van der Waals surface area contributed by atoms with Gasteiger partial charge in [0, 0.05) is 5.56 Å². The molecule has 0 heterocycles. The van der Waals surface area contributed by atoms with E-state index in [-0.39, 0.29) is 5.78 Å². The van der Waals surface area contributed by atoms with E-state index in [0.717, 1.165) is 0 Å². The van der Waals surface area contributed by atoms with E-state index in [1.807, 2.05) is 36.4 Å². The number of hydrogen-bond donors (Lipinski definition) is 1. The molecule has 1 atom stereocenters. The molecule has 2 heteroatoms. The van der Waals surface area contributed by atoms with Crippen LogP contribution in [0.5, 0.6) is 0 Å². The Bertz CT molecular complexity index is 419. The highest BCUT2D eigenvalue weighted by Crippen LogP contribution is 2.20. The summed E-state index contributed by atoms with van der Waals surface area (Å²) in [5, 5.41) is 0. The van der Waals surface area contributed by atoms with E-state index >= 15 is 0 Å². The zero-order chi connectivity index (χ0) is 10.7. The van der Waals surface area contributed by atoms with Gasteiger partial charge in [0.15, 0.2) is 5.78 Å². The van der Waals surface area contributed by atoms with E-state index in [0.29, 0.717) is 12.0 Å². The summed E-state index contributed by atoms with van der Waals surface area (Å²) < 4.78 is 0. The van der Waals surface area contributed by atoms with Crippen molar-refractivity contribution in [2.45, 2.75) is 12.0 Å². The monoisotopic (exact) mass is 199 g/mol. The number of ketones is 1. The Balaban J connectivity index is 2.29. The molecule has 2 nitrogen and oxygen atoms in total. The third-order valence-electron chi connectivity index (χ3n) is 2.56. The Morgan fingerprint density at radius 2 is 1.93 bits per heavy atom. The summed E-state index contributed by atoms with van der Waals surface area (Å²) >= 11 is 0. The molecule has 1 aliphatic rings. The van der Waals surface area contributed by atoms with Crippen molar-refractivity contribution in [2.75, 3.05) is 0 Å². The van der Waals surface area contributed by atoms with Crippen LogP contribution in [0.15, 0.2) is 54.6 Å². The number of nitrogens with two attached hydrogens (primary N) is 1. The highest BCUT2D eigenvalue weighted by molar-refractivity contribution is 6.04. The molecule has 2 rings (SSSR count).